The molecule has 3 N–H and O–H groups in total. The van der Waals surface area contributed by atoms with E-state index in [0.29, 0.717) is 6.54 Å². The average molecular weight is 447 g/mol. The first kappa shape index (κ1) is 22.0. The van der Waals surface area contributed by atoms with E-state index in [4.69, 9.17) is 0 Å². The summed E-state index contributed by atoms with van der Waals surface area (Å²) in [5.74, 6) is 1.58. The van der Waals surface area contributed by atoms with Gasteiger partial charge in [-0.1, -0.05) is 42.0 Å². The Morgan fingerprint density at radius 2 is 1.61 bits per heavy atom. The zero-order chi connectivity index (χ0) is 23.0. The van der Waals surface area contributed by atoms with E-state index in [1.807, 2.05) is 12.1 Å². The van der Waals surface area contributed by atoms with Crippen molar-refractivity contribution >= 4 is 12.0 Å². The van der Waals surface area contributed by atoms with Gasteiger partial charge in [-0.15, -0.1) is 0 Å². The lowest BCUT2D eigenvalue weighted by Gasteiger charge is -2.56. The van der Waals surface area contributed by atoms with Gasteiger partial charge in [-0.05, 0) is 92.9 Å². The number of amides is 2. The minimum atomic E-state index is -0.920. The molecule has 4 aliphatic rings. The number of carboxylic acid groups (broad SMARTS) is 1. The third-order valence-electron chi connectivity index (χ3n) is 8.14. The van der Waals surface area contributed by atoms with Crippen LogP contribution < -0.4 is 10.6 Å². The van der Waals surface area contributed by atoms with Crippen LogP contribution in [0.4, 0.5) is 4.79 Å². The van der Waals surface area contributed by atoms with E-state index in [9.17, 15) is 14.7 Å². The number of aryl methyl sites for hydroxylation is 1. The van der Waals surface area contributed by atoms with E-state index in [2.05, 4.69) is 41.8 Å². The van der Waals surface area contributed by atoms with Gasteiger partial charge in [0.1, 0.15) is 0 Å². The largest absolute Gasteiger partial charge is 0.478 e. The molecule has 174 valence electrons. The fraction of sp³-hybridized carbons (Fsp3) is 0.500. The van der Waals surface area contributed by atoms with E-state index in [-0.39, 0.29) is 23.1 Å². The highest BCUT2D eigenvalue weighted by Crippen LogP contribution is 2.55. The second kappa shape index (κ2) is 8.85. The maximum atomic E-state index is 12.9. The van der Waals surface area contributed by atoms with Crippen LogP contribution in [0.1, 0.15) is 77.9 Å². The minimum Gasteiger partial charge on any atom is -0.478 e. The lowest BCUT2D eigenvalue weighted by Crippen LogP contribution is -2.61. The van der Waals surface area contributed by atoms with E-state index in [1.54, 1.807) is 12.1 Å². The topological polar surface area (TPSA) is 78.4 Å². The monoisotopic (exact) mass is 446 g/mol. The normalized spacial score (nSPS) is 28.3. The molecule has 1 atom stereocenters. The lowest BCUT2D eigenvalue weighted by atomic mass is 9.53. The molecule has 33 heavy (non-hydrogen) atoms. The van der Waals surface area contributed by atoms with Crippen LogP contribution in [0.3, 0.4) is 0 Å². The Kier molecular flexibility index (Phi) is 5.90. The molecule has 0 aromatic heterocycles. The Bertz CT molecular complexity index is 994. The molecule has 2 aromatic carbocycles. The molecule has 4 bridgehead atoms. The molecule has 0 aliphatic heterocycles. The summed E-state index contributed by atoms with van der Waals surface area (Å²) in [5.41, 5.74) is 3.73. The van der Waals surface area contributed by atoms with Crippen molar-refractivity contribution in [1.82, 2.24) is 10.6 Å². The van der Waals surface area contributed by atoms with Crippen LogP contribution in [-0.4, -0.2) is 29.2 Å². The average Bonchev–Trinajstić information content (AvgIpc) is 2.75. The van der Waals surface area contributed by atoms with Crippen molar-refractivity contribution in [2.45, 2.75) is 63.3 Å². The third kappa shape index (κ3) is 4.78. The predicted octanol–water partition coefficient (Wildman–Crippen LogP) is 5.48. The first-order valence-corrected chi connectivity index (χ1v) is 12.3. The van der Waals surface area contributed by atoms with Gasteiger partial charge in [0, 0.05) is 18.0 Å². The van der Waals surface area contributed by atoms with Gasteiger partial charge in [-0.3, -0.25) is 0 Å². The van der Waals surface area contributed by atoms with E-state index in [1.165, 1.54) is 30.4 Å². The predicted molar refractivity (Wildman–Crippen MR) is 128 cm³/mol. The zero-order valence-electron chi connectivity index (χ0n) is 19.3. The van der Waals surface area contributed by atoms with E-state index in [0.717, 1.165) is 49.0 Å². The van der Waals surface area contributed by atoms with Crippen molar-refractivity contribution in [3.63, 3.8) is 0 Å². The van der Waals surface area contributed by atoms with Crippen LogP contribution in [0, 0.1) is 24.7 Å². The highest BCUT2D eigenvalue weighted by atomic mass is 16.4. The Morgan fingerprint density at radius 3 is 2.18 bits per heavy atom. The lowest BCUT2D eigenvalue weighted by molar-refractivity contribution is -0.0135. The highest BCUT2D eigenvalue weighted by Gasteiger charge is 2.51. The number of urea groups is 1. The Hall–Kier alpha value is -2.82. The second-order valence-electron chi connectivity index (χ2n) is 10.8. The van der Waals surface area contributed by atoms with Gasteiger partial charge in [0.15, 0.2) is 0 Å². The van der Waals surface area contributed by atoms with Crippen molar-refractivity contribution in [3.05, 3.63) is 70.8 Å². The molecule has 0 spiro atoms. The molecule has 2 amide bonds. The highest BCUT2D eigenvalue weighted by molar-refractivity contribution is 5.87. The van der Waals surface area contributed by atoms with Gasteiger partial charge in [-0.25, -0.2) is 9.59 Å². The van der Waals surface area contributed by atoms with Crippen LogP contribution in [0.25, 0.3) is 0 Å². The molecule has 4 fully saturated rings. The first-order valence-electron chi connectivity index (χ1n) is 12.3. The van der Waals surface area contributed by atoms with Gasteiger partial charge in [-0.2, -0.15) is 0 Å². The summed E-state index contributed by atoms with van der Waals surface area (Å²) in [4.78, 5) is 24.1. The number of nitrogens with one attached hydrogen (secondary N) is 2. The Balaban J connectivity index is 1.24. The molecule has 0 saturated heterocycles. The molecule has 6 rings (SSSR count). The molecule has 4 aliphatic carbocycles. The fourth-order valence-electron chi connectivity index (χ4n) is 7.15. The SMILES string of the molecule is Cc1cccc(C(CCNC(=O)NC23CC4CC(CC(C4)C2)C3)c2ccc(C(=O)O)cc2)c1. The van der Waals surface area contributed by atoms with Gasteiger partial charge in [0.25, 0.3) is 0 Å². The molecule has 4 saturated carbocycles. The van der Waals surface area contributed by atoms with E-state index < -0.39 is 5.97 Å². The van der Waals surface area contributed by atoms with Gasteiger partial charge < -0.3 is 15.7 Å². The summed E-state index contributed by atoms with van der Waals surface area (Å²) in [6.07, 6.45) is 8.28. The molecule has 1 unspecified atom stereocenters. The van der Waals surface area contributed by atoms with Crippen LogP contribution in [-0.2, 0) is 0 Å². The van der Waals surface area contributed by atoms with Crippen molar-refractivity contribution in [1.29, 1.82) is 0 Å². The number of carboxylic acids is 1. The van der Waals surface area contributed by atoms with Crippen LogP contribution >= 0.6 is 0 Å². The quantitative estimate of drug-likeness (QED) is 0.527. The van der Waals surface area contributed by atoms with Crippen molar-refractivity contribution in [2.24, 2.45) is 17.8 Å². The Morgan fingerprint density at radius 1 is 0.970 bits per heavy atom. The number of carbonyl (C=O) groups is 2. The molecule has 0 heterocycles. The number of hydrogen-bond acceptors (Lipinski definition) is 2. The van der Waals surface area contributed by atoms with Crippen molar-refractivity contribution < 1.29 is 14.7 Å². The number of benzene rings is 2. The zero-order valence-corrected chi connectivity index (χ0v) is 19.3. The molecule has 2 aromatic rings. The number of rotatable bonds is 7. The first-order chi connectivity index (χ1) is 15.9. The maximum Gasteiger partial charge on any atom is 0.335 e. The summed E-state index contributed by atoms with van der Waals surface area (Å²) in [6.45, 7) is 2.64. The number of carbonyl (C=O) groups excluding carboxylic acids is 1. The molecule has 0 radical (unpaired) electrons. The van der Waals surface area contributed by atoms with Gasteiger partial charge >= 0.3 is 12.0 Å². The van der Waals surface area contributed by atoms with E-state index >= 15 is 0 Å². The van der Waals surface area contributed by atoms with Crippen molar-refractivity contribution in [3.8, 4) is 0 Å². The Labute approximate surface area is 196 Å². The number of hydrogen-bond donors (Lipinski definition) is 3. The summed E-state index contributed by atoms with van der Waals surface area (Å²) in [6, 6.07) is 15.5. The standard InChI is InChI=1S/C28H34N2O3/c1-18-3-2-4-24(11-18)25(22-5-7-23(8-6-22)26(31)32)9-10-29-27(33)30-28-15-19-12-20(16-28)14-21(13-19)17-28/h2-8,11,19-21,25H,9-10,12-17H2,1H3,(H,31,32)(H2,29,30,33). The van der Waals surface area contributed by atoms with Crippen LogP contribution in [0.5, 0.6) is 0 Å². The third-order valence-corrected chi connectivity index (χ3v) is 8.14. The number of aromatic carboxylic acids is 1. The van der Waals surface area contributed by atoms with Crippen molar-refractivity contribution in [2.75, 3.05) is 6.54 Å². The molecular formula is C28H34N2O3. The smallest absolute Gasteiger partial charge is 0.335 e. The summed E-state index contributed by atoms with van der Waals surface area (Å²) in [7, 11) is 0. The summed E-state index contributed by atoms with van der Waals surface area (Å²) in [5, 5.41) is 15.8. The van der Waals surface area contributed by atoms with Crippen LogP contribution in [0.2, 0.25) is 0 Å². The van der Waals surface area contributed by atoms with Gasteiger partial charge in [0.05, 0.1) is 5.56 Å². The second-order valence-corrected chi connectivity index (χ2v) is 10.8. The van der Waals surface area contributed by atoms with Gasteiger partial charge in [0.2, 0.25) is 0 Å². The summed E-state index contributed by atoms with van der Waals surface area (Å²) < 4.78 is 0. The minimum absolute atomic E-state index is 0.0153. The fourth-order valence-corrected chi connectivity index (χ4v) is 7.15. The van der Waals surface area contributed by atoms with Crippen LogP contribution in [0.15, 0.2) is 48.5 Å². The molecule has 5 nitrogen and oxygen atoms in total. The molecule has 5 heteroatoms. The summed E-state index contributed by atoms with van der Waals surface area (Å²) >= 11 is 0. The molecular weight excluding hydrogens is 412 g/mol. The maximum absolute atomic E-state index is 12.9.